The summed E-state index contributed by atoms with van der Waals surface area (Å²) < 4.78 is 0. The quantitative estimate of drug-likeness (QED) is 0.577. The van der Waals surface area contributed by atoms with Gasteiger partial charge in [-0.05, 0) is 29.6 Å². The molecule has 0 aromatic carbocycles. The van der Waals surface area contributed by atoms with E-state index in [4.69, 9.17) is 0 Å². The molecular weight excluding hydrogens is 179 g/mol. The Hall–Kier alpha value is 0.0649. The van der Waals surface area contributed by atoms with E-state index in [0.29, 0.717) is 5.41 Å². The van der Waals surface area contributed by atoms with Gasteiger partial charge in [-0.25, -0.2) is 0 Å². The van der Waals surface area contributed by atoms with Crippen LogP contribution in [-0.2, 0) is 0 Å². The van der Waals surface area contributed by atoms with Gasteiger partial charge >= 0.3 is 0 Å². The van der Waals surface area contributed by atoms with Gasteiger partial charge in [0.15, 0.2) is 0 Å². The predicted molar refractivity (Wildman–Crippen MR) is 74.1 cm³/mol. The number of rotatable bonds is 6. The number of hydrogen-bond acceptors (Lipinski definition) is 0. The third kappa shape index (κ3) is 5.09. The van der Waals surface area contributed by atoms with Crippen molar-refractivity contribution in [3.05, 3.63) is 0 Å². The fourth-order valence-electron chi connectivity index (χ4n) is 2.31. The van der Waals surface area contributed by atoms with Gasteiger partial charge in [0.05, 0.1) is 0 Å². The van der Waals surface area contributed by atoms with E-state index in [2.05, 4.69) is 56.3 Å². The molecule has 3 atom stereocenters. The average Bonchev–Trinajstić information content (AvgIpc) is 2.12. The van der Waals surface area contributed by atoms with Crippen LogP contribution in [0.5, 0.6) is 0 Å². The molecule has 1 heteroatoms. The molecule has 0 aliphatic heterocycles. The van der Waals surface area contributed by atoms with Gasteiger partial charge in [0.25, 0.3) is 0 Å². The van der Waals surface area contributed by atoms with Crippen molar-refractivity contribution in [2.24, 2.45) is 23.2 Å². The Labute approximate surface area is 98.6 Å². The van der Waals surface area contributed by atoms with Crippen LogP contribution in [0, 0.1) is 23.2 Å². The van der Waals surface area contributed by atoms with E-state index in [1.807, 2.05) is 0 Å². The van der Waals surface area contributed by atoms with E-state index >= 15 is 0 Å². The minimum atomic E-state index is 0.512. The van der Waals surface area contributed by atoms with Gasteiger partial charge in [0.1, 0.15) is 7.85 Å². The Morgan fingerprint density at radius 1 is 1.07 bits per heavy atom. The van der Waals surface area contributed by atoms with Gasteiger partial charge < -0.3 is 0 Å². The molecule has 0 rings (SSSR count). The minimum absolute atomic E-state index is 0.512. The lowest BCUT2D eigenvalue weighted by atomic mass is 9.65. The van der Waals surface area contributed by atoms with Crippen LogP contribution in [-0.4, -0.2) is 7.85 Å². The SMILES string of the molecule is BC(C)C(C)C(CC(C)(C)CC)C(C)C. The Balaban J connectivity index is 4.55. The van der Waals surface area contributed by atoms with E-state index in [1.54, 1.807) is 0 Å². The average molecular weight is 210 g/mol. The maximum atomic E-state index is 2.43. The van der Waals surface area contributed by atoms with Gasteiger partial charge in [0, 0.05) is 0 Å². The summed E-state index contributed by atoms with van der Waals surface area (Å²) in [5.74, 6) is 3.34. The molecule has 0 bridgehead atoms. The Morgan fingerprint density at radius 3 is 1.80 bits per heavy atom. The minimum Gasteiger partial charge on any atom is -0.0697 e. The molecule has 0 saturated heterocycles. The molecule has 0 N–H and O–H groups in total. The van der Waals surface area contributed by atoms with Gasteiger partial charge in [-0.2, -0.15) is 0 Å². The molecule has 0 heterocycles. The highest BCUT2D eigenvalue weighted by Gasteiger charge is 2.28. The first-order valence-corrected chi connectivity index (χ1v) is 6.71. The lowest BCUT2D eigenvalue weighted by Gasteiger charge is -2.36. The van der Waals surface area contributed by atoms with Crippen molar-refractivity contribution >= 4 is 7.85 Å². The zero-order valence-electron chi connectivity index (χ0n) is 12.2. The first-order valence-electron chi connectivity index (χ1n) is 6.71. The predicted octanol–water partition coefficient (Wildman–Crippen LogP) is 4.16. The van der Waals surface area contributed by atoms with Crippen molar-refractivity contribution in [2.45, 2.75) is 67.1 Å². The molecule has 0 spiro atoms. The fraction of sp³-hybridized carbons (Fsp3) is 1.00. The second-order valence-electron chi connectivity index (χ2n) is 6.73. The smallest absolute Gasteiger partial charge is 0.0697 e. The molecular formula is C14H31B. The van der Waals surface area contributed by atoms with Crippen LogP contribution < -0.4 is 0 Å². The Bertz CT molecular complexity index is 170. The van der Waals surface area contributed by atoms with Crippen LogP contribution in [0.15, 0.2) is 0 Å². The summed E-state index contributed by atoms with van der Waals surface area (Å²) in [6.07, 6.45) is 2.67. The van der Waals surface area contributed by atoms with Crippen LogP contribution in [0.3, 0.4) is 0 Å². The summed E-state index contributed by atoms with van der Waals surface area (Å²) in [4.78, 5) is 0. The van der Waals surface area contributed by atoms with Crippen molar-refractivity contribution < 1.29 is 0 Å². The van der Waals surface area contributed by atoms with Crippen molar-refractivity contribution in [1.29, 1.82) is 0 Å². The topological polar surface area (TPSA) is 0 Å². The van der Waals surface area contributed by atoms with Crippen molar-refractivity contribution in [1.82, 2.24) is 0 Å². The van der Waals surface area contributed by atoms with Crippen molar-refractivity contribution in [3.63, 3.8) is 0 Å². The third-order valence-corrected chi connectivity index (χ3v) is 4.33. The van der Waals surface area contributed by atoms with E-state index in [1.165, 1.54) is 12.8 Å². The first-order chi connectivity index (χ1) is 6.71. The molecule has 0 aliphatic rings. The summed E-state index contributed by atoms with van der Waals surface area (Å²) in [5.41, 5.74) is 0.512. The van der Waals surface area contributed by atoms with Gasteiger partial charge in [0.2, 0.25) is 0 Å². The summed E-state index contributed by atoms with van der Waals surface area (Å²) in [6.45, 7) is 16.7. The molecule has 0 saturated carbocycles. The zero-order valence-corrected chi connectivity index (χ0v) is 12.2. The summed E-state index contributed by atoms with van der Waals surface area (Å²) in [6, 6.07) is 0. The molecule has 0 aliphatic carbocycles. The van der Waals surface area contributed by atoms with Crippen LogP contribution in [0.4, 0.5) is 0 Å². The molecule has 3 unspecified atom stereocenters. The molecule has 90 valence electrons. The van der Waals surface area contributed by atoms with Gasteiger partial charge in [-0.1, -0.05) is 60.7 Å². The lowest BCUT2D eigenvalue weighted by molar-refractivity contribution is 0.162. The monoisotopic (exact) mass is 210 g/mol. The highest BCUT2D eigenvalue weighted by molar-refractivity contribution is 6.11. The second-order valence-corrected chi connectivity index (χ2v) is 6.73. The van der Waals surface area contributed by atoms with Crippen LogP contribution in [0.25, 0.3) is 0 Å². The Morgan fingerprint density at radius 2 is 1.53 bits per heavy atom. The van der Waals surface area contributed by atoms with Gasteiger partial charge in [-0.3, -0.25) is 0 Å². The van der Waals surface area contributed by atoms with Crippen molar-refractivity contribution in [2.75, 3.05) is 0 Å². The van der Waals surface area contributed by atoms with E-state index in [0.717, 1.165) is 23.6 Å². The van der Waals surface area contributed by atoms with Gasteiger partial charge in [-0.15, -0.1) is 0 Å². The summed E-state index contributed by atoms with van der Waals surface area (Å²) in [5, 5.41) is 0. The summed E-state index contributed by atoms with van der Waals surface area (Å²) >= 11 is 0. The summed E-state index contributed by atoms with van der Waals surface area (Å²) in [7, 11) is 2.36. The molecule has 0 amide bonds. The fourth-order valence-corrected chi connectivity index (χ4v) is 2.31. The van der Waals surface area contributed by atoms with Crippen LogP contribution in [0.1, 0.15) is 61.3 Å². The lowest BCUT2D eigenvalue weighted by Crippen LogP contribution is -2.27. The third-order valence-electron chi connectivity index (χ3n) is 4.33. The van der Waals surface area contributed by atoms with Crippen LogP contribution >= 0.6 is 0 Å². The molecule has 0 radical (unpaired) electrons. The molecule has 15 heavy (non-hydrogen) atoms. The Kier molecular flexibility index (Phi) is 5.99. The standard InChI is InChI=1S/C14H31B/c1-8-14(6,7)9-13(10(2)3)11(4)12(5)15/h10-13H,8-9,15H2,1-7H3. The second kappa shape index (κ2) is 5.96. The molecule has 0 aromatic heterocycles. The van der Waals surface area contributed by atoms with E-state index in [9.17, 15) is 0 Å². The molecule has 0 fully saturated rings. The number of hydrogen-bond donors (Lipinski definition) is 0. The maximum absolute atomic E-state index is 2.43. The molecule has 0 aromatic rings. The maximum Gasteiger partial charge on any atom is 0.105 e. The highest BCUT2D eigenvalue weighted by Crippen LogP contribution is 2.39. The van der Waals surface area contributed by atoms with Crippen molar-refractivity contribution in [3.8, 4) is 0 Å². The first kappa shape index (κ1) is 15.1. The highest BCUT2D eigenvalue weighted by atomic mass is 14.3. The largest absolute Gasteiger partial charge is 0.105 e. The van der Waals surface area contributed by atoms with E-state index in [-0.39, 0.29) is 0 Å². The zero-order chi connectivity index (χ0) is 12.2. The van der Waals surface area contributed by atoms with E-state index < -0.39 is 0 Å². The van der Waals surface area contributed by atoms with Crippen LogP contribution in [0.2, 0.25) is 5.82 Å². The molecule has 0 nitrogen and oxygen atoms in total. The normalized spacial score (nSPS) is 18.9.